The van der Waals surface area contributed by atoms with Crippen LogP contribution in [0.4, 0.5) is 11.4 Å². The van der Waals surface area contributed by atoms with E-state index >= 15 is 0 Å². The van der Waals surface area contributed by atoms with Gasteiger partial charge in [0, 0.05) is 37.3 Å². The predicted octanol–water partition coefficient (Wildman–Crippen LogP) is 2.53. The first kappa shape index (κ1) is 24.7. The lowest BCUT2D eigenvalue weighted by Gasteiger charge is -2.29. The van der Waals surface area contributed by atoms with Crippen LogP contribution in [0.15, 0.2) is 48.5 Å². The second kappa shape index (κ2) is 10.3. The van der Waals surface area contributed by atoms with Gasteiger partial charge in [0.05, 0.1) is 10.5 Å². The summed E-state index contributed by atoms with van der Waals surface area (Å²) in [4.78, 5) is 50.8. The van der Waals surface area contributed by atoms with Crippen molar-refractivity contribution in [3.8, 4) is 0 Å². The summed E-state index contributed by atoms with van der Waals surface area (Å²) >= 11 is 0. The molecule has 1 heterocycles. The van der Waals surface area contributed by atoms with Crippen LogP contribution < -0.4 is 10.6 Å². The van der Waals surface area contributed by atoms with Crippen molar-refractivity contribution in [3.05, 3.63) is 69.8 Å². The van der Waals surface area contributed by atoms with Crippen molar-refractivity contribution >= 4 is 29.2 Å². The molecule has 0 unspecified atom stereocenters. The molecule has 34 heavy (non-hydrogen) atoms. The van der Waals surface area contributed by atoms with Gasteiger partial charge in [-0.05, 0) is 32.4 Å². The van der Waals surface area contributed by atoms with E-state index in [1.54, 1.807) is 20.8 Å². The predicted molar refractivity (Wildman–Crippen MR) is 125 cm³/mol. The Bertz CT molecular complexity index is 1080. The molecule has 0 aromatic heterocycles. The second-order valence-electron chi connectivity index (χ2n) is 8.98. The van der Waals surface area contributed by atoms with E-state index in [4.69, 9.17) is 4.74 Å². The maximum Gasteiger partial charge on any atom is 0.326 e. The fraction of sp³-hybridized carbons (Fsp3) is 0.375. The standard InChI is InChI=1S/C24H28N4O6/c1-24(2,3)34-21(29)15-27-12-11-25-22(30)20(13-16-7-5-4-6-8-16)26-19-10-9-17(28(32)33)14-18(19)23(27)31/h4-10,14,20,26H,11-13,15H2,1-3H3,(H,25,30)/t20-/m0/s1. The number of nitro benzene ring substituents is 1. The van der Waals surface area contributed by atoms with Crippen LogP contribution in [-0.2, 0) is 20.7 Å². The Morgan fingerprint density at radius 2 is 1.88 bits per heavy atom. The highest BCUT2D eigenvalue weighted by molar-refractivity contribution is 6.02. The van der Waals surface area contributed by atoms with Gasteiger partial charge in [-0.2, -0.15) is 0 Å². The molecule has 10 nitrogen and oxygen atoms in total. The van der Waals surface area contributed by atoms with Crippen molar-refractivity contribution in [1.82, 2.24) is 10.2 Å². The summed E-state index contributed by atoms with van der Waals surface area (Å²) < 4.78 is 5.33. The van der Waals surface area contributed by atoms with Gasteiger partial charge in [0.15, 0.2) is 0 Å². The largest absolute Gasteiger partial charge is 0.459 e. The fourth-order valence-electron chi connectivity index (χ4n) is 3.59. The molecule has 0 radical (unpaired) electrons. The van der Waals surface area contributed by atoms with E-state index in [2.05, 4.69) is 10.6 Å². The monoisotopic (exact) mass is 468 g/mol. The van der Waals surface area contributed by atoms with Crippen LogP contribution in [0, 0.1) is 10.1 Å². The van der Waals surface area contributed by atoms with Crippen LogP contribution in [0.25, 0.3) is 0 Å². The molecular formula is C24H28N4O6. The summed E-state index contributed by atoms with van der Waals surface area (Å²) in [6.45, 7) is 4.91. The van der Waals surface area contributed by atoms with Gasteiger partial charge in [-0.15, -0.1) is 0 Å². The average molecular weight is 469 g/mol. The van der Waals surface area contributed by atoms with Gasteiger partial charge in [-0.3, -0.25) is 24.5 Å². The molecule has 2 N–H and O–H groups in total. The lowest BCUT2D eigenvalue weighted by atomic mass is 10.0. The number of anilines is 1. The van der Waals surface area contributed by atoms with E-state index in [0.29, 0.717) is 6.42 Å². The van der Waals surface area contributed by atoms with Crippen LogP contribution in [0.1, 0.15) is 36.7 Å². The molecule has 1 atom stereocenters. The van der Waals surface area contributed by atoms with Gasteiger partial charge < -0.3 is 20.3 Å². The molecule has 1 aliphatic heterocycles. The lowest BCUT2D eigenvalue weighted by molar-refractivity contribution is -0.384. The lowest BCUT2D eigenvalue weighted by Crippen LogP contribution is -2.48. The Morgan fingerprint density at radius 3 is 2.53 bits per heavy atom. The third-order valence-corrected chi connectivity index (χ3v) is 5.08. The summed E-state index contributed by atoms with van der Waals surface area (Å²) in [7, 11) is 0. The van der Waals surface area contributed by atoms with E-state index in [9.17, 15) is 24.5 Å². The number of carbonyl (C=O) groups is 3. The van der Waals surface area contributed by atoms with E-state index in [1.165, 1.54) is 17.0 Å². The van der Waals surface area contributed by atoms with Crippen LogP contribution in [0.2, 0.25) is 0 Å². The Kier molecular flexibility index (Phi) is 7.50. The molecule has 3 rings (SSSR count). The third kappa shape index (κ3) is 6.53. The van der Waals surface area contributed by atoms with Gasteiger partial charge in [0.1, 0.15) is 18.2 Å². The highest BCUT2D eigenvalue weighted by Crippen LogP contribution is 2.26. The van der Waals surface area contributed by atoms with Crippen molar-refractivity contribution in [2.45, 2.75) is 38.8 Å². The first-order valence-electron chi connectivity index (χ1n) is 10.9. The number of ether oxygens (including phenoxy) is 1. The van der Waals surface area contributed by atoms with Gasteiger partial charge in [-0.1, -0.05) is 30.3 Å². The normalized spacial score (nSPS) is 16.7. The Hall–Kier alpha value is -3.95. The number of esters is 1. The molecule has 0 fully saturated rings. The van der Waals surface area contributed by atoms with Crippen molar-refractivity contribution in [3.63, 3.8) is 0 Å². The van der Waals surface area contributed by atoms with Crippen molar-refractivity contribution in [2.75, 3.05) is 25.0 Å². The number of benzene rings is 2. The highest BCUT2D eigenvalue weighted by atomic mass is 16.6. The molecule has 2 aromatic rings. The number of hydrogen-bond donors (Lipinski definition) is 2. The Balaban J connectivity index is 1.96. The number of fused-ring (bicyclic) bond motifs is 1. The molecule has 10 heteroatoms. The van der Waals surface area contributed by atoms with E-state index in [1.807, 2.05) is 30.3 Å². The second-order valence-corrected chi connectivity index (χ2v) is 8.98. The molecule has 0 saturated heterocycles. The highest BCUT2D eigenvalue weighted by Gasteiger charge is 2.29. The smallest absolute Gasteiger partial charge is 0.326 e. The van der Waals surface area contributed by atoms with Gasteiger partial charge in [0.25, 0.3) is 11.6 Å². The molecule has 2 aromatic carbocycles. The van der Waals surface area contributed by atoms with Crippen LogP contribution in [0.3, 0.4) is 0 Å². The molecule has 2 amide bonds. The first-order valence-corrected chi connectivity index (χ1v) is 10.9. The minimum absolute atomic E-state index is 0.00511. The third-order valence-electron chi connectivity index (χ3n) is 5.08. The number of nitrogens with zero attached hydrogens (tertiary/aromatic N) is 2. The zero-order valence-corrected chi connectivity index (χ0v) is 19.4. The summed E-state index contributed by atoms with van der Waals surface area (Å²) in [6, 6.07) is 12.5. The van der Waals surface area contributed by atoms with Crippen molar-refractivity contribution < 1.29 is 24.0 Å². The number of amides is 2. The zero-order valence-electron chi connectivity index (χ0n) is 19.4. The van der Waals surface area contributed by atoms with Crippen LogP contribution in [0.5, 0.6) is 0 Å². The van der Waals surface area contributed by atoms with Gasteiger partial charge in [-0.25, -0.2) is 0 Å². The maximum absolute atomic E-state index is 13.4. The molecule has 0 spiro atoms. The number of nitrogens with one attached hydrogen (secondary N) is 2. The fourth-order valence-corrected chi connectivity index (χ4v) is 3.59. The molecule has 0 bridgehead atoms. The quantitative estimate of drug-likeness (QED) is 0.392. The van der Waals surface area contributed by atoms with E-state index < -0.39 is 28.4 Å². The number of hydrogen-bond acceptors (Lipinski definition) is 7. The van der Waals surface area contributed by atoms with Crippen LogP contribution in [-0.4, -0.2) is 58.9 Å². The molecule has 1 aliphatic rings. The van der Waals surface area contributed by atoms with E-state index in [0.717, 1.165) is 11.6 Å². The van der Waals surface area contributed by atoms with Crippen molar-refractivity contribution in [2.24, 2.45) is 0 Å². The minimum atomic E-state index is -0.742. The summed E-state index contributed by atoms with van der Waals surface area (Å²) in [6.07, 6.45) is 0.346. The SMILES string of the molecule is CC(C)(C)OC(=O)CN1CCNC(=O)[C@H](Cc2ccccc2)Nc2ccc([N+](=O)[O-])cc2C1=O. The summed E-state index contributed by atoms with van der Waals surface area (Å²) in [5.41, 5.74) is 0.169. The Morgan fingerprint density at radius 1 is 1.18 bits per heavy atom. The summed E-state index contributed by atoms with van der Waals surface area (Å²) in [5.74, 6) is -1.49. The van der Waals surface area contributed by atoms with Gasteiger partial charge in [0.2, 0.25) is 5.91 Å². The first-order chi connectivity index (χ1) is 16.0. The number of nitro groups is 1. The summed E-state index contributed by atoms with van der Waals surface area (Å²) in [5, 5.41) is 17.2. The maximum atomic E-state index is 13.4. The number of rotatable bonds is 5. The van der Waals surface area contributed by atoms with E-state index in [-0.39, 0.29) is 42.5 Å². The molecule has 180 valence electrons. The number of non-ortho nitro benzene ring substituents is 1. The Labute approximate surface area is 197 Å². The average Bonchev–Trinajstić information content (AvgIpc) is 2.76. The molecule has 0 saturated carbocycles. The van der Waals surface area contributed by atoms with Gasteiger partial charge >= 0.3 is 5.97 Å². The molecular weight excluding hydrogens is 440 g/mol. The van der Waals surface area contributed by atoms with Crippen LogP contribution >= 0.6 is 0 Å². The van der Waals surface area contributed by atoms with Crippen molar-refractivity contribution in [1.29, 1.82) is 0 Å². The number of carbonyl (C=O) groups excluding carboxylic acids is 3. The minimum Gasteiger partial charge on any atom is -0.459 e. The topological polar surface area (TPSA) is 131 Å². The zero-order chi connectivity index (χ0) is 24.9. The molecule has 0 aliphatic carbocycles.